The second-order valence-electron chi connectivity index (χ2n) is 4.02. The first kappa shape index (κ1) is 13.5. The molecule has 0 aromatic heterocycles. The predicted octanol–water partition coefficient (Wildman–Crippen LogP) is 4.00. The number of alkyl halides is 3. The largest absolute Gasteiger partial charge is 0.417 e. The quantitative estimate of drug-likeness (QED) is 0.818. The summed E-state index contributed by atoms with van der Waals surface area (Å²) >= 11 is 0. The van der Waals surface area contributed by atoms with E-state index in [4.69, 9.17) is 5.11 Å². The Balaban J connectivity index is 2.69. The number of rotatable bonds is 2. The van der Waals surface area contributed by atoms with Gasteiger partial charge >= 0.3 is 6.18 Å². The van der Waals surface area contributed by atoms with Gasteiger partial charge in [0.1, 0.15) is 5.82 Å². The highest BCUT2D eigenvalue weighted by Crippen LogP contribution is 2.38. The van der Waals surface area contributed by atoms with Gasteiger partial charge in [0.2, 0.25) is 0 Å². The minimum atomic E-state index is -4.58. The Morgan fingerprint density at radius 2 is 1.63 bits per heavy atom. The molecule has 0 saturated carbocycles. The second-order valence-corrected chi connectivity index (χ2v) is 4.02. The third kappa shape index (κ3) is 2.76. The molecule has 0 radical (unpaired) electrons. The Hall–Kier alpha value is -1.88. The maximum absolute atomic E-state index is 13.6. The van der Waals surface area contributed by atoms with E-state index in [0.717, 1.165) is 18.2 Å². The van der Waals surface area contributed by atoms with Crippen LogP contribution in [0.15, 0.2) is 42.5 Å². The minimum absolute atomic E-state index is 0.134. The first-order valence-electron chi connectivity index (χ1n) is 5.49. The number of aliphatic hydroxyl groups excluding tert-OH is 1. The van der Waals surface area contributed by atoms with Gasteiger partial charge in [-0.3, -0.25) is 0 Å². The molecule has 0 aliphatic heterocycles. The predicted molar refractivity (Wildman–Crippen MR) is 62.8 cm³/mol. The van der Waals surface area contributed by atoms with Crippen LogP contribution in [-0.2, 0) is 12.8 Å². The molecule has 100 valence electrons. The molecular weight excluding hydrogens is 260 g/mol. The number of halogens is 4. The maximum Gasteiger partial charge on any atom is 0.417 e. The van der Waals surface area contributed by atoms with E-state index in [-0.39, 0.29) is 11.1 Å². The molecular formula is C14H10F4O. The van der Waals surface area contributed by atoms with Gasteiger partial charge in [0.25, 0.3) is 0 Å². The van der Waals surface area contributed by atoms with E-state index in [1.54, 1.807) is 0 Å². The van der Waals surface area contributed by atoms with Crippen molar-refractivity contribution in [1.29, 1.82) is 0 Å². The molecule has 2 aromatic carbocycles. The van der Waals surface area contributed by atoms with Crippen molar-refractivity contribution in [3.05, 3.63) is 59.4 Å². The van der Waals surface area contributed by atoms with Crippen LogP contribution in [0.4, 0.5) is 17.6 Å². The lowest BCUT2D eigenvalue weighted by Crippen LogP contribution is -2.08. The van der Waals surface area contributed by atoms with Crippen molar-refractivity contribution >= 4 is 0 Å². The molecule has 19 heavy (non-hydrogen) atoms. The van der Waals surface area contributed by atoms with E-state index in [9.17, 15) is 17.6 Å². The summed E-state index contributed by atoms with van der Waals surface area (Å²) in [6.07, 6.45) is -4.58. The van der Waals surface area contributed by atoms with E-state index in [1.165, 1.54) is 24.3 Å². The van der Waals surface area contributed by atoms with Gasteiger partial charge < -0.3 is 5.11 Å². The van der Waals surface area contributed by atoms with E-state index in [2.05, 4.69) is 0 Å². The molecule has 2 rings (SSSR count). The molecule has 0 heterocycles. The average molecular weight is 270 g/mol. The smallest absolute Gasteiger partial charge is 0.392 e. The Kier molecular flexibility index (Phi) is 3.57. The third-order valence-corrected chi connectivity index (χ3v) is 2.74. The minimum Gasteiger partial charge on any atom is -0.392 e. The molecule has 0 aliphatic rings. The standard InChI is InChI=1S/C14H10F4O/c15-13-4-2-1-3-10(13)11-7-9(8-19)5-6-12(11)14(16,17)18/h1-7,19H,8H2. The highest BCUT2D eigenvalue weighted by atomic mass is 19.4. The van der Waals surface area contributed by atoms with Crippen LogP contribution in [0.5, 0.6) is 0 Å². The number of aliphatic hydroxyl groups is 1. The van der Waals surface area contributed by atoms with Crippen LogP contribution < -0.4 is 0 Å². The summed E-state index contributed by atoms with van der Waals surface area (Å²) in [7, 11) is 0. The van der Waals surface area contributed by atoms with E-state index in [0.29, 0.717) is 5.56 Å². The normalized spacial score (nSPS) is 11.6. The molecule has 0 aliphatic carbocycles. The fourth-order valence-electron chi connectivity index (χ4n) is 1.84. The zero-order valence-electron chi connectivity index (χ0n) is 9.71. The lowest BCUT2D eigenvalue weighted by molar-refractivity contribution is -0.137. The Labute approximate surface area is 107 Å². The van der Waals surface area contributed by atoms with Crippen molar-refractivity contribution in [2.75, 3.05) is 0 Å². The Morgan fingerprint density at radius 3 is 2.21 bits per heavy atom. The van der Waals surface area contributed by atoms with Crippen molar-refractivity contribution in [3.63, 3.8) is 0 Å². The number of hydrogen-bond donors (Lipinski definition) is 1. The molecule has 0 atom stereocenters. The molecule has 1 nitrogen and oxygen atoms in total. The van der Waals surface area contributed by atoms with Gasteiger partial charge in [-0.2, -0.15) is 13.2 Å². The van der Waals surface area contributed by atoms with Crippen LogP contribution >= 0.6 is 0 Å². The van der Waals surface area contributed by atoms with Crippen LogP contribution in [-0.4, -0.2) is 5.11 Å². The van der Waals surface area contributed by atoms with Crippen molar-refractivity contribution in [2.24, 2.45) is 0 Å². The molecule has 0 spiro atoms. The highest BCUT2D eigenvalue weighted by molar-refractivity contribution is 5.69. The van der Waals surface area contributed by atoms with Crippen LogP contribution in [0.3, 0.4) is 0 Å². The molecule has 1 N–H and O–H groups in total. The summed E-state index contributed by atoms with van der Waals surface area (Å²) in [5, 5.41) is 9.00. The topological polar surface area (TPSA) is 20.2 Å². The van der Waals surface area contributed by atoms with E-state index in [1.807, 2.05) is 0 Å². The zero-order valence-corrected chi connectivity index (χ0v) is 9.71. The second kappa shape index (κ2) is 5.01. The van der Waals surface area contributed by atoms with E-state index < -0.39 is 24.2 Å². The summed E-state index contributed by atoms with van der Waals surface area (Å²) in [4.78, 5) is 0. The molecule has 0 fully saturated rings. The lowest BCUT2D eigenvalue weighted by atomic mass is 9.96. The fraction of sp³-hybridized carbons (Fsp3) is 0.143. The molecule has 5 heteroatoms. The van der Waals surface area contributed by atoms with Crippen molar-refractivity contribution in [2.45, 2.75) is 12.8 Å². The van der Waals surface area contributed by atoms with Crippen LogP contribution in [0, 0.1) is 5.82 Å². The fourth-order valence-corrected chi connectivity index (χ4v) is 1.84. The summed E-state index contributed by atoms with van der Waals surface area (Å²) < 4.78 is 52.4. The maximum atomic E-state index is 13.6. The summed E-state index contributed by atoms with van der Waals surface area (Å²) in [6, 6.07) is 8.43. The molecule has 0 saturated heterocycles. The number of hydrogen-bond acceptors (Lipinski definition) is 1. The number of benzene rings is 2. The first-order valence-corrected chi connectivity index (χ1v) is 5.49. The molecule has 0 unspecified atom stereocenters. The van der Waals surface area contributed by atoms with Gasteiger partial charge in [-0.1, -0.05) is 24.3 Å². The lowest BCUT2D eigenvalue weighted by Gasteiger charge is -2.14. The van der Waals surface area contributed by atoms with Crippen molar-refractivity contribution in [1.82, 2.24) is 0 Å². The van der Waals surface area contributed by atoms with E-state index >= 15 is 0 Å². The SMILES string of the molecule is OCc1ccc(C(F)(F)F)c(-c2ccccc2F)c1. The zero-order chi connectivity index (χ0) is 14.0. The van der Waals surface area contributed by atoms with Crippen molar-refractivity contribution in [3.8, 4) is 11.1 Å². The van der Waals surface area contributed by atoms with Gasteiger partial charge in [0, 0.05) is 5.56 Å². The van der Waals surface area contributed by atoms with Crippen LogP contribution in [0.25, 0.3) is 11.1 Å². The van der Waals surface area contributed by atoms with Crippen LogP contribution in [0.2, 0.25) is 0 Å². The van der Waals surface area contributed by atoms with Gasteiger partial charge in [0.15, 0.2) is 0 Å². The Bertz CT molecular complexity index is 590. The van der Waals surface area contributed by atoms with Gasteiger partial charge in [-0.15, -0.1) is 0 Å². The van der Waals surface area contributed by atoms with Crippen LogP contribution in [0.1, 0.15) is 11.1 Å². The first-order chi connectivity index (χ1) is 8.93. The van der Waals surface area contributed by atoms with Gasteiger partial charge in [-0.25, -0.2) is 4.39 Å². The molecule has 0 bridgehead atoms. The molecule has 2 aromatic rings. The van der Waals surface area contributed by atoms with Gasteiger partial charge in [0.05, 0.1) is 12.2 Å². The molecule has 0 amide bonds. The summed E-state index contributed by atoms with van der Waals surface area (Å²) in [5.41, 5.74) is -1.02. The highest BCUT2D eigenvalue weighted by Gasteiger charge is 2.34. The average Bonchev–Trinajstić information content (AvgIpc) is 2.37. The Morgan fingerprint density at radius 1 is 0.947 bits per heavy atom. The van der Waals surface area contributed by atoms with Gasteiger partial charge in [-0.05, 0) is 29.3 Å². The summed E-state index contributed by atoms with van der Waals surface area (Å²) in [6.45, 7) is -0.403. The van der Waals surface area contributed by atoms with Crippen molar-refractivity contribution < 1.29 is 22.7 Å². The summed E-state index contributed by atoms with van der Waals surface area (Å²) in [5.74, 6) is -0.733. The third-order valence-electron chi connectivity index (χ3n) is 2.74. The monoisotopic (exact) mass is 270 g/mol.